The smallest absolute Gasteiger partial charge is 0.200 e. The molecule has 4 heteroatoms. The molecule has 0 saturated heterocycles. The van der Waals surface area contributed by atoms with E-state index in [4.69, 9.17) is 4.74 Å². The Kier molecular flexibility index (Phi) is 5.14. The highest BCUT2D eigenvalue weighted by Crippen LogP contribution is 2.26. The summed E-state index contributed by atoms with van der Waals surface area (Å²) in [6, 6.07) is 4.30. The van der Waals surface area contributed by atoms with Gasteiger partial charge in [-0.2, -0.15) is 4.39 Å². The van der Waals surface area contributed by atoms with Crippen LogP contribution in [0.2, 0.25) is 0 Å². The van der Waals surface area contributed by atoms with E-state index in [1.807, 2.05) is 6.92 Å². The maximum atomic E-state index is 13.7. The van der Waals surface area contributed by atoms with Gasteiger partial charge in [0.15, 0.2) is 11.6 Å². The van der Waals surface area contributed by atoms with Gasteiger partial charge in [0.2, 0.25) is 5.82 Å². The molecule has 0 amide bonds. The zero-order valence-electron chi connectivity index (χ0n) is 11.3. The number of hydrogen-bond acceptors (Lipinski definition) is 2. The van der Waals surface area contributed by atoms with Crippen LogP contribution >= 0.6 is 0 Å². The Bertz CT molecular complexity index is 411. The Labute approximate surface area is 113 Å². The lowest BCUT2D eigenvalue weighted by Gasteiger charge is -2.27. The van der Waals surface area contributed by atoms with Gasteiger partial charge in [0.1, 0.15) is 6.10 Å². The van der Waals surface area contributed by atoms with Crippen LogP contribution < -0.4 is 10.1 Å². The number of hydrogen-bond donors (Lipinski definition) is 1. The summed E-state index contributed by atoms with van der Waals surface area (Å²) in [7, 11) is 0. The second kappa shape index (κ2) is 6.85. The molecular weight excluding hydrogens is 248 g/mol. The van der Waals surface area contributed by atoms with E-state index in [2.05, 4.69) is 5.32 Å². The summed E-state index contributed by atoms with van der Waals surface area (Å²) in [6.07, 6.45) is 5.22. The number of likely N-dealkylation sites (N-methyl/N-ethyl adjacent to an activating group) is 1. The molecule has 0 aromatic heterocycles. The summed E-state index contributed by atoms with van der Waals surface area (Å²) in [5, 5.41) is 3.39. The lowest BCUT2D eigenvalue weighted by Crippen LogP contribution is -2.42. The third kappa shape index (κ3) is 3.66. The molecule has 2 rings (SSSR count). The first-order valence-corrected chi connectivity index (χ1v) is 7.06. The van der Waals surface area contributed by atoms with Crippen LogP contribution in [0.1, 0.15) is 39.0 Å². The van der Waals surface area contributed by atoms with Gasteiger partial charge in [0, 0.05) is 6.04 Å². The van der Waals surface area contributed by atoms with E-state index < -0.39 is 11.6 Å². The van der Waals surface area contributed by atoms with Crippen molar-refractivity contribution in [3.8, 4) is 5.75 Å². The molecule has 0 bridgehead atoms. The van der Waals surface area contributed by atoms with Gasteiger partial charge in [-0.05, 0) is 37.9 Å². The largest absolute Gasteiger partial charge is 0.486 e. The van der Waals surface area contributed by atoms with Crippen molar-refractivity contribution in [3.63, 3.8) is 0 Å². The predicted molar refractivity (Wildman–Crippen MR) is 71.3 cm³/mol. The highest BCUT2D eigenvalue weighted by Gasteiger charge is 2.25. The lowest BCUT2D eigenvalue weighted by molar-refractivity contribution is 0.138. The molecule has 1 fully saturated rings. The molecule has 1 aromatic carbocycles. The quantitative estimate of drug-likeness (QED) is 0.842. The van der Waals surface area contributed by atoms with E-state index in [1.165, 1.54) is 18.6 Å². The number of nitrogens with one attached hydrogen (secondary N) is 1. The van der Waals surface area contributed by atoms with Crippen LogP contribution in [0.15, 0.2) is 18.2 Å². The van der Waals surface area contributed by atoms with Crippen LogP contribution in [0.25, 0.3) is 0 Å². The maximum absolute atomic E-state index is 13.7. The zero-order valence-corrected chi connectivity index (χ0v) is 11.3. The Hall–Kier alpha value is -1.16. The second-order valence-electron chi connectivity index (χ2n) is 5.01. The Morgan fingerprint density at radius 1 is 1.21 bits per heavy atom. The van der Waals surface area contributed by atoms with Gasteiger partial charge in [-0.1, -0.05) is 25.8 Å². The summed E-state index contributed by atoms with van der Waals surface area (Å²) in [6.45, 7) is 2.90. The third-order valence-electron chi connectivity index (χ3n) is 3.61. The van der Waals surface area contributed by atoms with Crippen molar-refractivity contribution < 1.29 is 13.5 Å². The third-order valence-corrected chi connectivity index (χ3v) is 3.61. The van der Waals surface area contributed by atoms with Crippen LogP contribution in [0, 0.1) is 11.6 Å². The monoisotopic (exact) mass is 269 g/mol. The minimum Gasteiger partial charge on any atom is -0.486 e. The highest BCUT2D eigenvalue weighted by molar-refractivity contribution is 5.25. The van der Waals surface area contributed by atoms with E-state index in [0.29, 0.717) is 0 Å². The van der Waals surface area contributed by atoms with E-state index in [-0.39, 0.29) is 17.9 Å². The predicted octanol–water partition coefficient (Wildman–Crippen LogP) is 3.65. The van der Waals surface area contributed by atoms with Crippen LogP contribution in [0.4, 0.5) is 8.78 Å². The van der Waals surface area contributed by atoms with Gasteiger partial charge in [-0.15, -0.1) is 0 Å². The number of ether oxygens (including phenoxy) is 1. The fraction of sp³-hybridized carbons (Fsp3) is 0.600. The molecule has 0 radical (unpaired) electrons. The topological polar surface area (TPSA) is 21.3 Å². The van der Waals surface area contributed by atoms with Gasteiger partial charge in [0.05, 0.1) is 0 Å². The summed E-state index contributed by atoms with van der Waals surface area (Å²) >= 11 is 0. The molecule has 0 aliphatic heterocycles. The van der Waals surface area contributed by atoms with Crippen molar-refractivity contribution >= 4 is 0 Å². The van der Waals surface area contributed by atoms with Gasteiger partial charge < -0.3 is 10.1 Å². The zero-order chi connectivity index (χ0) is 13.7. The number of halogens is 2. The molecular formula is C15H21F2NO. The average Bonchev–Trinajstić information content (AvgIpc) is 2.62. The highest BCUT2D eigenvalue weighted by atomic mass is 19.2. The summed E-state index contributed by atoms with van der Waals surface area (Å²) in [4.78, 5) is 0. The van der Waals surface area contributed by atoms with Crippen LogP contribution in [0.5, 0.6) is 5.75 Å². The standard InChI is InChI=1S/C15H21F2NO/c1-2-18-12-8-4-3-5-9-13(12)19-14-10-6-7-11(16)15(14)17/h6-7,10,12-13,18H,2-5,8-9H2,1H3. The average molecular weight is 269 g/mol. The van der Waals surface area contributed by atoms with Crippen molar-refractivity contribution in [1.29, 1.82) is 0 Å². The molecule has 106 valence electrons. The first kappa shape index (κ1) is 14.3. The molecule has 19 heavy (non-hydrogen) atoms. The Morgan fingerprint density at radius 3 is 2.79 bits per heavy atom. The number of rotatable bonds is 4. The molecule has 1 aliphatic carbocycles. The van der Waals surface area contributed by atoms with Gasteiger partial charge in [-0.3, -0.25) is 0 Å². The van der Waals surface area contributed by atoms with Gasteiger partial charge in [0.25, 0.3) is 0 Å². The normalized spacial score (nSPS) is 23.9. The summed E-state index contributed by atoms with van der Waals surface area (Å²) in [5.41, 5.74) is 0. The molecule has 1 aromatic rings. The van der Waals surface area contributed by atoms with Gasteiger partial charge in [-0.25, -0.2) is 4.39 Å². The fourth-order valence-corrected chi connectivity index (χ4v) is 2.65. The van der Waals surface area contributed by atoms with Gasteiger partial charge >= 0.3 is 0 Å². The van der Waals surface area contributed by atoms with Crippen LogP contribution in [-0.4, -0.2) is 18.7 Å². The minimum atomic E-state index is -0.887. The minimum absolute atomic E-state index is 0.0230. The SMILES string of the molecule is CCNC1CCCCCC1Oc1cccc(F)c1F. The molecule has 2 nitrogen and oxygen atoms in total. The summed E-state index contributed by atoms with van der Waals surface area (Å²) in [5.74, 6) is -1.72. The Balaban J connectivity index is 2.11. The summed E-state index contributed by atoms with van der Waals surface area (Å²) < 4.78 is 32.6. The molecule has 2 unspecified atom stereocenters. The van der Waals surface area contributed by atoms with Crippen LogP contribution in [-0.2, 0) is 0 Å². The first-order chi connectivity index (χ1) is 9.22. The fourth-order valence-electron chi connectivity index (χ4n) is 2.65. The van der Waals surface area contributed by atoms with Crippen molar-refractivity contribution in [1.82, 2.24) is 5.32 Å². The molecule has 2 atom stereocenters. The maximum Gasteiger partial charge on any atom is 0.200 e. The molecule has 1 aliphatic rings. The van der Waals surface area contributed by atoms with E-state index in [1.54, 1.807) is 0 Å². The van der Waals surface area contributed by atoms with Crippen molar-refractivity contribution in [3.05, 3.63) is 29.8 Å². The molecule has 0 heterocycles. The van der Waals surface area contributed by atoms with E-state index in [9.17, 15) is 8.78 Å². The molecule has 1 saturated carbocycles. The molecule has 1 N–H and O–H groups in total. The Morgan fingerprint density at radius 2 is 2.00 bits per heavy atom. The second-order valence-corrected chi connectivity index (χ2v) is 5.01. The lowest BCUT2D eigenvalue weighted by atomic mass is 10.1. The van der Waals surface area contributed by atoms with Crippen LogP contribution in [0.3, 0.4) is 0 Å². The number of benzene rings is 1. The van der Waals surface area contributed by atoms with E-state index in [0.717, 1.165) is 38.3 Å². The van der Waals surface area contributed by atoms with E-state index >= 15 is 0 Å². The first-order valence-electron chi connectivity index (χ1n) is 7.06. The van der Waals surface area contributed by atoms with Crippen molar-refractivity contribution in [2.75, 3.05) is 6.54 Å². The molecule has 0 spiro atoms. The van der Waals surface area contributed by atoms with Crippen molar-refractivity contribution in [2.45, 2.75) is 51.2 Å². The van der Waals surface area contributed by atoms with Crippen molar-refractivity contribution in [2.24, 2.45) is 0 Å².